The predicted molar refractivity (Wildman–Crippen MR) is 108 cm³/mol. The Morgan fingerprint density at radius 2 is 1.72 bits per heavy atom. The van der Waals surface area contributed by atoms with Crippen LogP contribution in [0.15, 0.2) is 42.5 Å². The SMILES string of the molecule is Cc1cc(C)cc(N2C(=O)C3CN(CCOc4ccc(F)cc4)CCN3C2=O)c1. The highest BCUT2D eigenvalue weighted by molar-refractivity contribution is 6.21. The summed E-state index contributed by atoms with van der Waals surface area (Å²) in [6, 6.07) is 10.9. The third-order valence-electron chi connectivity index (χ3n) is 5.36. The van der Waals surface area contributed by atoms with Crippen molar-refractivity contribution in [2.45, 2.75) is 19.9 Å². The van der Waals surface area contributed by atoms with Crippen molar-refractivity contribution in [1.82, 2.24) is 9.80 Å². The van der Waals surface area contributed by atoms with Crippen LogP contribution < -0.4 is 9.64 Å². The molecule has 3 amide bonds. The minimum absolute atomic E-state index is 0.177. The number of carbonyl (C=O) groups excluding carboxylic acids is 2. The second kappa shape index (κ2) is 7.83. The number of hydrogen-bond acceptors (Lipinski definition) is 4. The lowest BCUT2D eigenvalue weighted by atomic mass is 10.1. The number of carbonyl (C=O) groups is 2. The molecule has 1 atom stereocenters. The van der Waals surface area contributed by atoms with E-state index in [0.29, 0.717) is 44.2 Å². The molecular weight excluding hydrogens is 373 g/mol. The van der Waals surface area contributed by atoms with Crippen LogP contribution in [0.2, 0.25) is 0 Å². The maximum atomic E-state index is 13.0. The Hall–Kier alpha value is -2.93. The molecule has 29 heavy (non-hydrogen) atoms. The van der Waals surface area contributed by atoms with E-state index < -0.39 is 6.04 Å². The number of nitrogens with zero attached hydrogens (tertiary/aromatic N) is 3. The summed E-state index contributed by atoms with van der Waals surface area (Å²) in [5, 5.41) is 0. The number of hydrogen-bond donors (Lipinski definition) is 0. The molecule has 2 aliphatic rings. The number of ether oxygens (including phenoxy) is 1. The van der Waals surface area contributed by atoms with Gasteiger partial charge in [-0.3, -0.25) is 9.69 Å². The Kier molecular flexibility index (Phi) is 5.24. The van der Waals surface area contributed by atoms with E-state index in [4.69, 9.17) is 4.74 Å². The summed E-state index contributed by atoms with van der Waals surface area (Å²) in [6.07, 6.45) is 0. The van der Waals surface area contributed by atoms with E-state index in [0.717, 1.165) is 11.1 Å². The first-order valence-electron chi connectivity index (χ1n) is 9.76. The van der Waals surface area contributed by atoms with Gasteiger partial charge in [0.15, 0.2) is 0 Å². The van der Waals surface area contributed by atoms with E-state index in [-0.39, 0.29) is 17.8 Å². The van der Waals surface area contributed by atoms with Gasteiger partial charge in [-0.15, -0.1) is 0 Å². The van der Waals surface area contributed by atoms with E-state index in [9.17, 15) is 14.0 Å². The molecular formula is C22H24FN3O3. The highest BCUT2D eigenvalue weighted by atomic mass is 19.1. The quantitative estimate of drug-likeness (QED) is 0.728. The molecule has 0 aliphatic carbocycles. The van der Waals surface area contributed by atoms with Gasteiger partial charge in [0.1, 0.15) is 24.2 Å². The van der Waals surface area contributed by atoms with Crippen molar-refractivity contribution in [2.75, 3.05) is 37.7 Å². The Bertz CT molecular complexity index is 911. The monoisotopic (exact) mass is 397 g/mol. The zero-order chi connectivity index (χ0) is 20.5. The van der Waals surface area contributed by atoms with E-state index >= 15 is 0 Å². The Balaban J connectivity index is 1.39. The molecule has 4 rings (SSSR count). The first-order chi connectivity index (χ1) is 13.9. The molecule has 0 spiro atoms. The van der Waals surface area contributed by atoms with Crippen molar-refractivity contribution in [3.05, 3.63) is 59.4 Å². The smallest absolute Gasteiger partial charge is 0.332 e. The largest absolute Gasteiger partial charge is 0.492 e. The first kappa shape index (κ1) is 19.4. The van der Waals surface area contributed by atoms with Crippen LogP contribution in [0.25, 0.3) is 0 Å². The van der Waals surface area contributed by atoms with Crippen LogP contribution >= 0.6 is 0 Å². The molecule has 2 saturated heterocycles. The molecule has 2 fully saturated rings. The number of rotatable bonds is 5. The van der Waals surface area contributed by atoms with E-state index in [2.05, 4.69) is 4.90 Å². The molecule has 2 aromatic rings. The van der Waals surface area contributed by atoms with Crippen LogP contribution in [0.5, 0.6) is 5.75 Å². The predicted octanol–water partition coefficient (Wildman–Crippen LogP) is 2.97. The van der Waals surface area contributed by atoms with Crippen molar-refractivity contribution in [1.29, 1.82) is 0 Å². The number of aryl methyl sites for hydroxylation is 2. The van der Waals surface area contributed by atoms with Gasteiger partial charge in [0.2, 0.25) is 0 Å². The molecule has 2 aromatic carbocycles. The van der Waals surface area contributed by atoms with Crippen LogP contribution in [-0.2, 0) is 4.79 Å². The number of piperazine rings is 1. The molecule has 1 unspecified atom stereocenters. The van der Waals surface area contributed by atoms with Gasteiger partial charge in [-0.05, 0) is 61.4 Å². The molecule has 7 heteroatoms. The molecule has 0 radical (unpaired) electrons. The van der Waals surface area contributed by atoms with Crippen molar-refractivity contribution in [3.63, 3.8) is 0 Å². The van der Waals surface area contributed by atoms with E-state index in [1.807, 2.05) is 32.0 Å². The van der Waals surface area contributed by atoms with Crippen molar-refractivity contribution >= 4 is 17.6 Å². The maximum Gasteiger partial charge on any atom is 0.332 e. The minimum Gasteiger partial charge on any atom is -0.492 e. The summed E-state index contributed by atoms with van der Waals surface area (Å²) in [7, 11) is 0. The molecule has 0 saturated carbocycles. The lowest BCUT2D eigenvalue weighted by Crippen LogP contribution is -2.53. The third-order valence-corrected chi connectivity index (χ3v) is 5.36. The van der Waals surface area contributed by atoms with Gasteiger partial charge in [-0.2, -0.15) is 0 Å². The number of anilines is 1. The van der Waals surface area contributed by atoms with Crippen LogP contribution in [0, 0.1) is 19.7 Å². The lowest BCUT2D eigenvalue weighted by Gasteiger charge is -2.35. The summed E-state index contributed by atoms with van der Waals surface area (Å²) in [5.41, 5.74) is 2.67. The molecule has 0 N–H and O–H groups in total. The van der Waals surface area contributed by atoms with Gasteiger partial charge in [0, 0.05) is 26.2 Å². The summed E-state index contributed by atoms with van der Waals surface area (Å²) in [4.78, 5) is 31.0. The van der Waals surface area contributed by atoms with E-state index in [1.165, 1.54) is 17.0 Å². The summed E-state index contributed by atoms with van der Waals surface area (Å²) < 4.78 is 18.6. The standard InChI is InChI=1S/C22H24FN3O3/c1-15-11-16(2)13-18(12-15)26-21(27)20-14-24(7-8-25(20)22(26)28)9-10-29-19-5-3-17(23)4-6-19/h3-6,11-13,20H,7-10,14H2,1-2H3. The molecule has 0 bridgehead atoms. The fourth-order valence-electron chi connectivity index (χ4n) is 4.00. The zero-order valence-corrected chi connectivity index (χ0v) is 16.6. The van der Waals surface area contributed by atoms with Gasteiger partial charge < -0.3 is 9.64 Å². The van der Waals surface area contributed by atoms with Crippen molar-refractivity contribution < 1.29 is 18.7 Å². The highest BCUT2D eigenvalue weighted by Crippen LogP contribution is 2.29. The van der Waals surface area contributed by atoms with Crippen molar-refractivity contribution in [2.24, 2.45) is 0 Å². The summed E-state index contributed by atoms with van der Waals surface area (Å²) in [5.74, 6) is 0.133. The second-order valence-corrected chi connectivity index (χ2v) is 7.61. The van der Waals surface area contributed by atoms with E-state index in [1.54, 1.807) is 17.0 Å². The molecule has 0 aromatic heterocycles. The number of halogens is 1. The third kappa shape index (κ3) is 3.96. The normalized spacial score (nSPS) is 19.6. The van der Waals surface area contributed by atoms with Gasteiger partial charge in [0.05, 0.1) is 5.69 Å². The fourth-order valence-corrected chi connectivity index (χ4v) is 4.00. The van der Waals surface area contributed by atoms with Crippen LogP contribution in [0.4, 0.5) is 14.9 Å². The van der Waals surface area contributed by atoms with Gasteiger partial charge in [-0.25, -0.2) is 14.1 Å². The zero-order valence-electron chi connectivity index (χ0n) is 16.6. The minimum atomic E-state index is -0.470. The molecule has 6 nitrogen and oxygen atoms in total. The number of imide groups is 1. The average molecular weight is 397 g/mol. The Morgan fingerprint density at radius 1 is 1.03 bits per heavy atom. The molecule has 152 valence electrons. The van der Waals surface area contributed by atoms with Crippen LogP contribution in [0.3, 0.4) is 0 Å². The Morgan fingerprint density at radius 3 is 2.41 bits per heavy atom. The van der Waals surface area contributed by atoms with Gasteiger partial charge >= 0.3 is 6.03 Å². The molecule has 2 aliphatic heterocycles. The summed E-state index contributed by atoms with van der Waals surface area (Å²) >= 11 is 0. The number of benzene rings is 2. The first-order valence-corrected chi connectivity index (χ1v) is 9.76. The van der Waals surface area contributed by atoms with Crippen LogP contribution in [-0.4, -0.2) is 60.6 Å². The van der Waals surface area contributed by atoms with Gasteiger partial charge in [-0.1, -0.05) is 6.07 Å². The lowest BCUT2D eigenvalue weighted by molar-refractivity contribution is -0.121. The number of urea groups is 1. The number of amides is 3. The fraction of sp³-hybridized carbons (Fsp3) is 0.364. The Labute approximate surface area is 169 Å². The molecule has 2 heterocycles. The maximum absolute atomic E-state index is 13.0. The van der Waals surface area contributed by atoms with Crippen molar-refractivity contribution in [3.8, 4) is 5.75 Å². The van der Waals surface area contributed by atoms with Gasteiger partial charge in [0.25, 0.3) is 5.91 Å². The summed E-state index contributed by atoms with van der Waals surface area (Å²) in [6.45, 7) is 6.65. The average Bonchev–Trinajstić information content (AvgIpc) is 2.93. The second-order valence-electron chi connectivity index (χ2n) is 7.61. The highest BCUT2D eigenvalue weighted by Gasteiger charge is 2.48. The van der Waals surface area contributed by atoms with Crippen LogP contribution in [0.1, 0.15) is 11.1 Å². The topological polar surface area (TPSA) is 53.1 Å². The number of fused-ring (bicyclic) bond motifs is 1.